The summed E-state index contributed by atoms with van der Waals surface area (Å²) in [6, 6.07) is 18.5. The Bertz CT molecular complexity index is 1570. The predicted octanol–water partition coefficient (Wildman–Crippen LogP) is 4.71. The molecule has 4 N–H and O–H groups in total. The molecule has 0 spiro atoms. The van der Waals surface area contributed by atoms with Crippen LogP contribution in [0, 0.1) is 6.92 Å². The average Bonchev–Trinajstić information content (AvgIpc) is 2.87. The fourth-order valence-electron chi connectivity index (χ4n) is 4.20. The van der Waals surface area contributed by atoms with Crippen molar-refractivity contribution in [1.82, 2.24) is 0 Å². The summed E-state index contributed by atoms with van der Waals surface area (Å²) in [5.41, 5.74) is 2.00. The number of ketones is 3. The molecule has 0 aromatic heterocycles. The summed E-state index contributed by atoms with van der Waals surface area (Å²) in [6.07, 6.45) is 0.183. The molecule has 0 aliphatic heterocycles. The van der Waals surface area contributed by atoms with Gasteiger partial charge in [0.1, 0.15) is 28.7 Å². The van der Waals surface area contributed by atoms with Crippen molar-refractivity contribution in [3.05, 3.63) is 112 Å². The number of hydrogen-bond acceptors (Lipinski definition) is 8. The monoisotopic (exact) mass is 512 g/mol. The van der Waals surface area contributed by atoms with E-state index in [4.69, 9.17) is 4.74 Å². The minimum absolute atomic E-state index is 0.0374. The Labute approximate surface area is 218 Å². The standard InChI is InChI=1S/C15H10O4.C15H14O4/c1-7-5-9-13(11(17)6-7)15(19)12-8(14(9)18)3-2-4-10(12)16;1-19-12-5-2-10(3-6-12)8-14(17)13-7-4-11(16)9-15(13)18/h2-6,16-17H,1H3;2-7,9,16,18H,8H2,1H3. The minimum Gasteiger partial charge on any atom is -0.508 e. The van der Waals surface area contributed by atoms with Crippen LogP contribution in [0.25, 0.3) is 0 Å². The van der Waals surface area contributed by atoms with Gasteiger partial charge in [-0.15, -0.1) is 0 Å². The minimum atomic E-state index is -0.528. The summed E-state index contributed by atoms with van der Waals surface area (Å²) in [6.45, 7) is 1.73. The number of benzene rings is 4. The summed E-state index contributed by atoms with van der Waals surface area (Å²) in [7, 11) is 1.58. The zero-order valence-corrected chi connectivity index (χ0v) is 20.6. The number of fused-ring (bicyclic) bond motifs is 2. The second kappa shape index (κ2) is 10.5. The number of hydrogen-bond donors (Lipinski definition) is 4. The third-order valence-electron chi connectivity index (χ3n) is 6.05. The molecule has 4 aromatic rings. The summed E-state index contributed by atoms with van der Waals surface area (Å²) in [5, 5.41) is 38.5. The van der Waals surface area contributed by atoms with Crippen LogP contribution in [0.1, 0.15) is 53.3 Å². The molecule has 192 valence electrons. The maximum Gasteiger partial charge on any atom is 0.201 e. The van der Waals surface area contributed by atoms with Crippen LogP contribution in [0.4, 0.5) is 0 Å². The van der Waals surface area contributed by atoms with E-state index in [0.717, 1.165) is 17.4 Å². The molecule has 5 rings (SSSR count). The van der Waals surface area contributed by atoms with E-state index < -0.39 is 5.78 Å². The number of phenols is 4. The van der Waals surface area contributed by atoms with Crippen molar-refractivity contribution >= 4 is 17.3 Å². The van der Waals surface area contributed by atoms with Gasteiger partial charge < -0.3 is 25.2 Å². The van der Waals surface area contributed by atoms with E-state index in [9.17, 15) is 34.8 Å². The highest BCUT2D eigenvalue weighted by Gasteiger charge is 2.34. The van der Waals surface area contributed by atoms with Gasteiger partial charge in [-0.05, 0) is 60.5 Å². The summed E-state index contributed by atoms with van der Waals surface area (Å²) >= 11 is 0. The van der Waals surface area contributed by atoms with Crippen LogP contribution >= 0.6 is 0 Å². The van der Waals surface area contributed by atoms with Gasteiger partial charge in [-0.3, -0.25) is 14.4 Å². The molecule has 0 saturated carbocycles. The van der Waals surface area contributed by atoms with Crippen LogP contribution < -0.4 is 4.74 Å². The SMILES string of the molecule is COc1ccc(CC(=O)c2ccc(O)cc2O)cc1.Cc1cc(O)c2c(c1)C(=O)c1cccc(O)c1C2=O. The smallest absolute Gasteiger partial charge is 0.201 e. The van der Waals surface area contributed by atoms with E-state index in [2.05, 4.69) is 0 Å². The average molecular weight is 513 g/mol. The third kappa shape index (κ3) is 5.05. The first-order valence-corrected chi connectivity index (χ1v) is 11.5. The van der Waals surface area contributed by atoms with Gasteiger partial charge >= 0.3 is 0 Å². The van der Waals surface area contributed by atoms with Crippen molar-refractivity contribution in [2.24, 2.45) is 0 Å². The van der Waals surface area contributed by atoms with Crippen molar-refractivity contribution in [1.29, 1.82) is 0 Å². The van der Waals surface area contributed by atoms with Gasteiger partial charge in [0.2, 0.25) is 5.78 Å². The Morgan fingerprint density at radius 3 is 2.08 bits per heavy atom. The van der Waals surface area contributed by atoms with Gasteiger partial charge in [-0.1, -0.05) is 24.3 Å². The molecule has 8 heteroatoms. The summed E-state index contributed by atoms with van der Waals surface area (Å²) < 4.78 is 5.04. The maximum absolute atomic E-state index is 12.3. The third-order valence-corrected chi connectivity index (χ3v) is 6.05. The van der Waals surface area contributed by atoms with E-state index in [0.29, 0.717) is 5.56 Å². The van der Waals surface area contributed by atoms with Gasteiger partial charge in [0, 0.05) is 23.6 Å². The topological polar surface area (TPSA) is 141 Å². The van der Waals surface area contributed by atoms with Gasteiger partial charge in [-0.25, -0.2) is 0 Å². The molecule has 0 saturated heterocycles. The molecule has 0 amide bonds. The summed E-state index contributed by atoms with van der Waals surface area (Å²) in [4.78, 5) is 36.7. The van der Waals surface area contributed by atoms with E-state index >= 15 is 0 Å². The van der Waals surface area contributed by atoms with E-state index in [-0.39, 0.29) is 68.8 Å². The number of rotatable bonds is 4. The maximum atomic E-state index is 12.3. The highest BCUT2D eigenvalue weighted by atomic mass is 16.5. The van der Waals surface area contributed by atoms with Gasteiger partial charge in [0.25, 0.3) is 0 Å². The predicted molar refractivity (Wildman–Crippen MR) is 139 cm³/mol. The molecule has 0 atom stereocenters. The molecule has 4 aromatic carbocycles. The van der Waals surface area contributed by atoms with Crippen LogP contribution in [-0.2, 0) is 6.42 Å². The van der Waals surface area contributed by atoms with Crippen LogP contribution in [0.3, 0.4) is 0 Å². The molecule has 38 heavy (non-hydrogen) atoms. The zero-order chi connectivity index (χ0) is 27.6. The fourth-order valence-corrected chi connectivity index (χ4v) is 4.20. The number of carbonyl (C=O) groups is 3. The molecular formula is C30H24O8. The molecule has 0 unspecified atom stereocenters. The number of ether oxygens (including phenoxy) is 1. The van der Waals surface area contributed by atoms with Gasteiger partial charge in [0.15, 0.2) is 11.6 Å². The van der Waals surface area contributed by atoms with Crippen LogP contribution in [0.15, 0.2) is 72.8 Å². The van der Waals surface area contributed by atoms with E-state index in [1.807, 2.05) is 0 Å². The van der Waals surface area contributed by atoms with Crippen molar-refractivity contribution in [2.75, 3.05) is 7.11 Å². The lowest BCUT2D eigenvalue weighted by atomic mass is 9.82. The molecule has 0 fully saturated rings. The number of carbonyl (C=O) groups excluding carboxylic acids is 3. The Hall–Kier alpha value is -5.11. The van der Waals surface area contributed by atoms with Crippen molar-refractivity contribution in [3.8, 4) is 28.7 Å². The van der Waals surface area contributed by atoms with Crippen LogP contribution in [0.2, 0.25) is 0 Å². The molecule has 8 nitrogen and oxygen atoms in total. The molecule has 0 radical (unpaired) electrons. The molecular weight excluding hydrogens is 488 g/mol. The van der Waals surface area contributed by atoms with E-state index in [1.165, 1.54) is 36.4 Å². The van der Waals surface area contributed by atoms with Gasteiger partial charge in [0.05, 0.1) is 23.8 Å². The molecule has 0 bridgehead atoms. The van der Waals surface area contributed by atoms with E-state index in [1.54, 1.807) is 44.4 Å². The van der Waals surface area contributed by atoms with Crippen molar-refractivity contribution in [3.63, 3.8) is 0 Å². The number of Topliss-reactive ketones (excluding diaryl/α,β-unsaturated/α-hetero) is 1. The molecule has 1 aliphatic rings. The second-order valence-electron chi connectivity index (χ2n) is 8.71. The first-order valence-electron chi connectivity index (χ1n) is 11.5. The highest BCUT2D eigenvalue weighted by molar-refractivity contribution is 6.30. The highest BCUT2D eigenvalue weighted by Crippen LogP contribution is 2.37. The lowest BCUT2D eigenvalue weighted by Gasteiger charge is -2.19. The lowest BCUT2D eigenvalue weighted by Crippen LogP contribution is -2.21. The second-order valence-corrected chi connectivity index (χ2v) is 8.71. The van der Waals surface area contributed by atoms with Crippen LogP contribution in [0.5, 0.6) is 28.7 Å². The lowest BCUT2D eigenvalue weighted by molar-refractivity contribution is 0.0974. The first-order chi connectivity index (χ1) is 18.1. The van der Waals surface area contributed by atoms with Crippen molar-refractivity contribution in [2.45, 2.75) is 13.3 Å². The Kier molecular flexibility index (Phi) is 7.16. The number of aryl methyl sites for hydroxylation is 1. The quantitative estimate of drug-likeness (QED) is 0.254. The number of phenolic OH excluding ortho intramolecular Hbond substituents is 4. The largest absolute Gasteiger partial charge is 0.508 e. The number of aromatic hydroxyl groups is 4. The summed E-state index contributed by atoms with van der Waals surface area (Å²) in [5.74, 6) is -1.13. The zero-order valence-electron chi connectivity index (χ0n) is 20.6. The fraction of sp³-hybridized carbons (Fsp3) is 0.100. The first kappa shape index (κ1) is 26.0. The normalized spacial score (nSPS) is 11.6. The van der Waals surface area contributed by atoms with Crippen LogP contribution in [-0.4, -0.2) is 44.9 Å². The Balaban J connectivity index is 0.000000177. The Morgan fingerprint density at radius 1 is 0.737 bits per heavy atom. The van der Waals surface area contributed by atoms with Crippen molar-refractivity contribution < 1.29 is 39.5 Å². The van der Waals surface area contributed by atoms with Gasteiger partial charge in [-0.2, -0.15) is 0 Å². The Morgan fingerprint density at radius 2 is 1.42 bits per heavy atom. The number of methoxy groups -OCH3 is 1. The molecule has 1 aliphatic carbocycles. The molecule has 0 heterocycles.